The van der Waals surface area contributed by atoms with Crippen LogP contribution in [0.4, 0.5) is 0 Å². The smallest absolute Gasteiger partial charge is 0.387 e. The van der Waals surface area contributed by atoms with Gasteiger partial charge < -0.3 is 24.7 Å². The molecule has 24 heavy (non-hydrogen) atoms. The standard InChI is InChI=1S/C9H12N5O9P/c15-4-2(1-22-24(19,20)21)23-8(5(4)16)14-6-3(10-9(14)18)7(17)12-13-11-6/h2,4-5,8,15-16H,1H2,(H,10,18)(H,11,12,17)(H2,19,20,21)/t2-,4-,5-,8-/m1/s1. The van der Waals surface area contributed by atoms with Gasteiger partial charge in [0.05, 0.1) is 6.61 Å². The average Bonchev–Trinajstić information content (AvgIpc) is 2.96. The van der Waals surface area contributed by atoms with Crippen molar-refractivity contribution in [3.63, 3.8) is 0 Å². The third-order valence-corrected chi connectivity index (χ3v) is 3.91. The maximum atomic E-state index is 12.0. The van der Waals surface area contributed by atoms with Crippen molar-refractivity contribution in [1.29, 1.82) is 0 Å². The Balaban J connectivity index is 1.95. The largest absolute Gasteiger partial charge is 0.469 e. The molecule has 0 aliphatic carbocycles. The van der Waals surface area contributed by atoms with Gasteiger partial charge >= 0.3 is 13.5 Å². The van der Waals surface area contributed by atoms with E-state index in [-0.39, 0.29) is 11.2 Å². The Morgan fingerprint density at radius 3 is 2.67 bits per heavy atom. The van der Waals surface area contributed by atoms with Crippen LogP contribution in [0, 0.1) is 0 Å². The summed E-state index contributed by atoms with van der Waals surface area (Å²) in [6, 6.07) is 0. The molecule has 0 saturated carbocycles. The second-order valence-electron chi connectivity index (χ2n) is 4.97. The first-order chi connectivity index (χ1) is 11.2. The van der Waals surface area contributed by atoms with Crippen molar-refractivity contribution in [3.05, 3.63) is 20.8 Å². The Bertz CT molecular complexity index is 914. The number of hydrogen-bond donors (Lipinski definition) is 6. The Hall–Kier alpha value is -1.93. The SMILES string of the molecule is O=c1[nH]nnc2c1[nH]c(=O)n2[C@@H]1O[C@H](COP(=O)(O)O)[C@@H](O)[C@H]1O. The van der Waals surface area contributed by atoms with Crippen LogP contribution in [0.2, 0.25) is 0 Å². The molecule has 132 valence electrons. The van der Waals surface area contributed by atoms with Crippen LogP contribution in [-0.4, -0.2) is 69.9 Å². The van der Waals surface area contributed by atoms with Crippen LogP contribution in [0.3, 0.4) is 0 Å². The van der Waals surface area contributed by atoms with Gasteiger partial charge in [0.1, 0.15) is 18.3 Å². The van der Waals surface area contributed by atoms with E-state index in [0.717, 1.165) is 4.57 Å². The first kappa shape index (κ1) is 16.9. The first-order valence-corrected chi connectivity index (χ1v) is 7.99. The number of aliphatic hydroxyl groups is 2. The maximum absolute atomic E-state index is 12.0. The molecular formula is C9H12N5O9P. The molecule has 0 radical (unpaired) electrons. The topological polar surface area (TPSA) is 213 Å². The molecule has 0 unspecified atom stereocenters. The second-order valence-corrected chi connectivity index (χ2v) is 6.21. The minimum Gasteiger partial charge on any atom is -0.387 e. The van der Waals surface area contributed by atoms with Gasteiger partial charge in [0.25, 0.3) is 5.56 Å². The number of aliphatic hydroxyl groups excluding tert-OH is 2. The highest BCUT2D eigenvalue weighted by Crippen LogP contribution is 2.38. The lowest BCUT2D eigenvalue weighted by Crippen LogP contribution is -2.35. The number of H-pyrrole nitrogens is 2. The molecular weight excluding hydrogens is 353 g/mol. The monoisotopic (exact) mass is 365 g/mol. The lowest BCUT2D eigenvalue weighted by molar-refractivity contribution is -0.0518. The van der Waals surface area contributed by atoms with Crippen LogP contribution >= 0.6 is 7.82 Å². The highest BCUT2D eigenvalue weighted by molar-refractivity contribution is 7.46. The summed E-state index contributed by atoms with van der Waals surface area (Å²) < 4.78 is 21.0. The number of hydrogen-bond acceptors (Lipinski definition) is 9. The van der Waals surface area contributed by atoms with E-state index < -0.39 is 50.2 Å². The van der Waals surface area contributed by atoms with Gasteiger partial charge in [0.2, 0.25) is 0 Å². The molecule has 4 atom stereocenters. The number of imidazole rings is 1. The minimum absolute atomic E-state index is 0.213. The Kier molecular flexibility index (Phi) is 4.13. The van der Waals surface area contributed by atoms with Crippen molar-refractivity contribution in [2.75, 3.05) is 6.61 Å². The summed E-state index contributed by atoms with van der Waals surface area (Å²) in [5.41, 5.74) is -2.03. The van der Waals surface area contributed by atoms with Crippen LogP contribution < -0.4 is 11.2 Å². The van der Waals surface area contributed by atoms with Crippen molar-refractivity contribution < 1.29 is 33.8 Å². The van der Waals surface area contributed by atoms with Gasteiger partial charge in [-0.15, -0.1) is 5.10 Å². The number of aromatic nitrogens is 5. The molecule has 2 aromatic heterocycles. The number of fused-ring (bicyclic) bond motifs is 1. The van der Waals surface area contributed by atoms with E-state index in [2.05, 4.69) is 19.8 Å². The number of nitrogens with zero attached hydrogens (tertiary/aromatic N) is 3. The fourth-order valence-corrected chi connectivity index (χ4v) is 2.70. The molecule has 1 fully saturated rings. The van der Waals surface area contributed by atoms with Gasteiger partial charge in [-0.2, -0.15) is 0 Å². The highest BCUT2D eigenvalue weighted by atomic mass is 31.2. The number of aromatic amines is 2. The van der Waals surface area contributed by atoms with Crippen LogP contribution in [0.5, 0.6) is 0 Å². The van der Waals surface area contributed by atoms with Crippen LogP contribution in [0.1, 0.15) is 6.23 Å². The summed E-state index contributed by atoms with van der Waals surface area (Å²) in [6.07, 6.45) is -6.05. The summed E-state index contributed by atoms with van der Waals surface area (Å²) in [5.74, 6) is 0. The zero-order valence-electron chi connectivity index (χ0n) is 11.6. The molecule has 0 aromatic carbocycles. The zero-order chi connectivity index (χ0) is 17.6. The summed E-state index contributed by atoms with van der Waals surface area (Å²) in [4.78, 5) is 43.1. The molecule has 14 nitrogen and oxygen atoms in total. The molecule has 1 saturated heterocycles. The Morgan fingerprint density at radius 1 is 1.29 bits per heavy atom. The van der Waals surface area contributed by atoms with Gasteiger partial charge in [-0.1, -0.05) is 5.21 Å². The van der Waals surface area contributed by atoms with E-state index >= 15 is 0 Å². The van der Waals surface area contributed by atoms with E-state index in [1.807, 2.05) is 5.10 Å². The molecule has 1 aliphatic rings. The van der Waals surface area contributed by atoms with Crippen molar-refractivity contribution in [3.8, 4) is 0 Å². The summed E-state index contributed by atoms with van der Waals surface area (Å²) >= 11 is 0. The molecule has 0 amide bonds. The third-order valence-electron chi connectivity index (χ3n) is 3.42. The van der Waals surface area contributed by atoms with Crippen molar-refractivity contribution in [1.82, 2.24) is 25.0 Å². The van der Waals surface area contributed by atoms with E-state index in [9.17, 15) is 24.4 Å². The number of phosphoric ester groups is 1. The van der Waals surface area contributed by atoms with Crippen LogP contribution in [-0.2, 0) is 13.8 Å². The predicted molar refractivity (Wildman–Crippen MR) is 72.7 cm³/mol. The van der Waals surface area contributed by atoms with Gasteiger partial charge in [-0.3, -0.25) is 14.3 Å². The lowest BCUT2D eigenvalue weighted by atomic mass is 10.1. The molecule has 2 aromatic rings. The minimum atomic E-state index is -4.81. The maximum Gasteiger partial charge on any atom is 0.469 e. The molecule has 0 spiro atoms. The quantitative estimate of drug-likeness (QED) is 0.293. The molecule has 3 rings (SSSR count). The second kappa shape index (κ2) is 5.86. The summed E-state index contributed by atoms with van der Waals surface area (Å²) in [7, 11) is -4.81. The average molecular weight is 365 g/mol. The molecule has 3 heterocycles. The number of rotatable bonds is 4. The van der Waals surface area contributed by atoms with E-state index in [0.29, 0.717) is 0 Å². The van der Waals surface area contributed by atoms with Gasteiger partial charge in [-0.25, -0.2) is 19.0 Å². The van der Waals surface area contributed by atoms with Crippen molar-refractivity contribution in [2.45, 2.75) is 24.5 Å². The zero-order valence-corrected chi connectivity index (χ0v) is 12.5. The van der Waals surface area contributed by atoms with Crippen molar-refractivity contribution >= 4 is 19.0 Å². The summed E-state index contributed by atoms with van der Waals surface area (Å²) in [6.45, 7) is -0.734. The predicted octanol–water partition coefficient (Wildman–Crippen LogP) is -3.46. The number of phosphoric acid groups is 1. The fourth-order valence-electron chi connectivity index (χ4n) is 2.36. The summed E-state index contributed by atoms with van der Waals surface area (Å²) in [5, 5.41) is 28.8. The molecule has 6 N–H and O–H groups in total. The first-order valence-electron chi connectivity index (χ1n) is 6.46. The van der Waals surface area contributed by atoms with E-state index in [1.54, 1.807) is 0 Å². The van der Waals surface area contributed by atoms with Gasteiger partial charge in [-0.05, 0) is 0 Å². The number of nitrogens with one attached hydrogen (secondary N) is 2. The highest BCUT2D eigenvalue weighted by Gasteiger charge is 2.46. The van der Waals surface area contributed by atoms with Crippen LogP contribution in [0.15, 0.2) is 9.59 Å². The van der Waals surface area contributed by atoms with Gasteiger partial charge in [0.15, 0.2) is 17.4 Å². The number of ether oxygens (including phenoxy) is 1. The molecule has 0 bridgehead atoms. The lowest BCUT2D eigenvalue weighted by Gasteiger charge is -2.15. The normalized spacial score (nSPS) is 27.8. The van der Waals surface area contributed by atoms with Gasteiger partial charge in [0, 0.05) is 0 Å². The van der Waals surface area contributed by atoms with E-state index in [4.69, 9.17) is 14.5 Å². The Labute approximate surface area is 130 Å². The fraction of sp³-hybridized carbons (Fsp3) is 0.556. The van der Waals surface area contributed by atoms with Crippen molar-refractivity contribution in [2.24, 2.45) is 0 Å². The Morgan fingerprint density at radius 2 is 2.00 bits per heavy atom. The third kappa shape index (κ3) is 2.91. The van der Waals surface area contributed by atoms with E-state index in [1.165, 1.54) is 0 Å². The van der Waals surface area contributed by atoms with Crippen LogP contribution in [0.25, 0.3) is 11.2 Å². The molecule has 1 aliphatic heterocycles. The molecule has 15 heteroatoms.